The van der Waals surface area contributed by atoms with Gasteiger partial charge in [-0.25, -0.2) is 9.59 Å². The van der Waals surface area contributed by atoms with Crippen molar-refractivity contribution in [3.05, 3.63) is 23.3 Å². The molecule has 0 aliphatic rings. The molecule has 1 aromatic carbocycles. The van der Waals surface area contributed by atoms with Crippen molar-refractivity contribution in [3.8, 4) is 11.5 Å². The molecule has 0 atom stereocenters. The summed E-state index contributed by atoms with van der Waals surface area (Å²) in [5, 5.41) is 4.46. The monoisotopic (exact) mass is 352 g/mol. The maximum absolute atomic E-state index is 12.2. The van der Waals surface area contributed by atoms with E-state index in [1.54, 1.807) is 13.8 Å². The minimum absolute atomic E-state index is 0.00931. The van der Waals surface area contributed by atoms with E-state index in [9.17, 15) is 19.2 Å². The van der Waals surface area contributed by atoms with Crippen molar-refractivity contribution in [1.82, 2.24) is 10.6 Å². The number of carbonyl (C=O) groups excluding carboxylic acids is 4. The highest BCUT2D eigenvalue weighted by molar-refractivity contribution is 6.03. The summed E-state index contributed by atoms with van der Waals surface area (Å²) in [6.07, 6.45) is 0.453. The Labute approximate surface area is 144 Å². The Morgan fingerprint density at radius 2 is 1.84 bits per heavy atom. The van der Waals surface area contributed by atoms with Crippen molar-refractivity contribution in [2.45, 2.75) is 19.9 Å². The van der Waals surface area contributed by atoms with Gasteiger partial charge < -0.3 is 19.5 Å². The van der Waals surface area contributed by atoms with Crippen LogP contribution in [-0.2, 0) is 9.53 Å². The highest BCUT2D eigenvalue weighted by atomic mass is 16.5. The van der Waals surface area contributed by atoms with Crippen LogP contribution in [0.5, 0.6) is 11.5 Å². The largest absolute Gasteiger partial charge is 0.493 e. The van der Waals surface area contributed by atoms with E-state index in [-0.39, 0.29) is 28.7 Å². The van der Waals surface area contributed by atoms with Gasteiger partial charge in [-0.15, -0.1) is 0 Å². The average Bonchev–Trinajstić information content (AvgIpc) is 2.57. The number of esters is 1. The standard InChI is InChI=1S/C16H20N2O7/c1-9(2)17-16(22)18-12(20)8-25-15(21)13-10(7-19)5-6-11(23-3)14(13)24-4/h5-7,9H,8H2,1-4H3,(H2,17,18,20,22). The molecule has 1 rings (SSSR count). The summed E-state index contributed by atoms with van der Waals surface area (Å²) in [6, 6.07) is 1.96. The predicted molar refractivity (Wildman–Crippen MR) is 87.0 cm³/mol. The number of hydrogen-bond acceptors (Lipinski definition) is 7. The Bertz CT molecular complexity index is 671. The van der Waals surface area contributed by atoms with Gasteiger partial charge in [0.2, 0.25) is 0 Å². The third-order valence-corrected chi connectivity index (χ3v) is 2.92. The zero-order chi connectivity index (χ0) is 19.0. The molecule has 0 aromatic heterocycles. The number of ether oxygens (including phenoxy) is 3. The van der Waals surface area contributed by atoms with Crippen LogP contribution in [-0.4, -0.2) is 51.1 Å². The fourth-order valence-corrected chi connectivity index (χ4v) is 1.92. The zero-order valence-electron chi connectivity index (χ0n) is 14.4. The van der Waals surface area contributed by atoms with Gasteiger partial charge in [0.05, 0.1) is 14.2 Å². The maximum atomic E-state index is 12.2. The number of aldehydes is 1. The topological polar surface area (TPSA) is 120 Å². The van der Waals surface area contributed by atoms with E-state index in [2.05, 4.69) is 5.32 Å². The molecule has 25 heavy (non-hydrogen) atoms. The quantitative estimate of drug-likeness (QED) is 0.553. The first-order valence-corrected chi connectivity index (χ1v) is 7.31. The minimum Gasteiger partial charge on any atom is -0.493 e. The first-order valence-electron chi connectivity index (χ1n) is 7.31. The normalized spacial score (nSPS) is 9.96. The Morgan fingerprint density at radius 3 is 2.36 bits per heavy atom. The average molecular weight is 352 g/mol. The lowest BCUT2D eigenvalue weighted by molar-refractivity contribution is -0.123. The first-order chi connectivity index (χ1) is 11.8. The van der Waals surface area contributed by atoms with Crippen molar-refractivity contribution >= 4 is 24.2 Å². The molecule has 2 N–H and O–H groups in total. The second-order valence-corrected chi connectivity index (χ2v) is 5.14. The SMILES string of the molecule is COc1ccc(C=O)c(C(=O)OCC(=O)NC(=O)NC(C)C)c1OC. The van der Waals surface area contributed by atoms with Crippen LogP contribution in [0.3, 0.4) is 0 Å². The minimum atomic E-state index is -0.961. The first kappa shape index (κ1) is 19.9. The highest BCUT2D eigenvalue weighted by Crippen LogP contribution is 2.33. The van der Waals surface area contributed by atoms with Crippen LogP contribution in [0.15, 0.2) is 12.1 Å². The Kier molecular flexibility index (Phi) is 7.39. The number of nitrogens with one attached hydrogen (secondary N) is 2. The molecule has 0 spiro atoms. The van der Waals surface area contributed by atoms with Crippen molar-refractivity contribution in [2.75, 3.05) is 20.8 Å². The van der Waals surface area contributed by atoms with Gasteiger partial charge in [0.25, 0.3) is 5.91 Å². The van der Waals surface area contributed by atoms with Gasteiger partial charge in [-0.05, 0) is 26.0 Å². The number of rotatable bonds is 7. The molecule has 0 unspecified atom stereocenters. The summed E-state index contributed by atoms with van der Waals surface area (Å²) < 4.78 is 15.0. The molecule has 136 valence electrons. The summed E-state index contributed by atoms with van der Waals surface area (Å²) >= 11 is 0. The zero-order valence-corrected chi connectivity index (χ0v) is 14.4. The van der Waals surface area contributed by atoms with Gasteiger partial charge in [0.1, 0.15) is 5.56 Å². The van der Waals surface area contributed by atoms with Gasteiger partial charge >= 0.3 is 12.0 Å². The van der Waals surface area contributed by atoms with Gasteiger partial charge in [-0.2, -0.15) is 0 Å². The van der Waals surface area contributed by atoms with Crippen LogP contribution in [0.2, 0.25) is 0 Å². The summed E-state index contributed by atoms with van der Waals surface area (Å²) in [5.74, 6) is -1.55. The molecule has 0 fully saturated rings. The lowest BCUT2D eigenvalue weighted by Crippen LogP contribution is -2.44. The lowest BCUT2D eigenvalue weighted by atomic mass is 10.1. The van der Waals surface area contributed by atoms with Crippen molar-refractivity contribution < 1.29 is 33.4 Å². The molecule has 0 aliphatic carbocycles. The molecule has 0 heterocycles. The Balaban J connectivity index is 2.85. The smallest absolute Gasteiger partial charge is 0.343 e. The number of carbonyl (C=O) groups is 4. The maximum Gasteiger partial charge on any atom is 0.343 e. The Morgan fingerprint density at radius 1 is 1.16 bits per heavy atom. The van der Waals surface area contributed by atoms with Crippen LogP contribution in [0.1, 0.15) is 34.6 Å². The molecule has 3 amide bonds. The van der Waals surface area contributed by atoms with Gasteiger partial charge in [0.15, 0.2) is 24.4 Å². The summed E-state index contributed by atoms with van der Waals surface area (Å²) in [5.41, 5.74) is -0.156. The molecule has 0 bridgehead atoms. The predicted octanol–water partition coefficient (Wildman–Crippen LogP) is 0.907. The van der Waals surface area contributed by atoms with Crippen molar-refractivity contribution in [2.24, 2.45) is 0 Å². The van der Waals surface area contributed by atoms with E-state index in [0.29, 0.717) is 6.29 Å². The molecule has 1 aromatic rings. The van der Waals surface area contributed by atoms with Crippen LogP contribution >= 0.6 is 0 Å². The third-order valence-electron chi connectivity index (χ3n) is 2.92. The summed E-state index contributed by atoms with van der Waals surface area (Å²) in [6.45, 7) is 2.74. The molecule has 9 nitrogen and oxygen atoms in total. The van der Waals surface area contributed by atoms with E-state index in [4.69, 9.17) is 14.2 Å². The van der Waals surface area contributed by atoms with E-state index in [1.165, 1.54) is 26.4 Å². The van der Waals surface area contributed by atoms with Crippen LogP contribution in [0, 0.1) is 0 Å². The molecule has 0 radical (unpaired) electrons. The molecular formula is C16H20N2O7. The summed E-state index contributed by atoms with van der Waals surface area (Å²) in [4.78, 5) is 46.4. The number of urea groups is 1. The molecule has 0 saturated carbocycles. The fourth-order valence-electron chi connectivity index (χ4n) is 1.92. The van der Waals surface area contributed by atoms with Crippen LogP contribution in [0.4, 0.5) is 4.79 Å². The molecule has 9 heteroatoms. The molecule has 0 saturated heterocycles. The highest BCUT2D eigenvalue weighted by Gasteiger charge is 2.23. The van der Waals surface area contributed by atoms with Gasteiger partial charge in [-0.3, -0.25) is 14.9 Å². The number of amides is 3. The number of imide groups is 1. The Hall–Kier alpha value is -3.10. The number of benzene rings is 1. The van der Waals surface area contributed by atoms with Gasteiger partial charge in [-0.1, -0.05) is 0 Å². The van der Waals surface area contributed by atoms with Crippen LogP contribution in [0.25, 0.3) is 0 Å². The molecule has 0 aliphatic heterocycles. The van der Waals surface area contributed by atoms with E-state index < -0.39 is 24.5 Å². The van der Waals surface area contributed by atoms with Crippen molar-refractivity contribution in [3.63, 3.8) is 0 Å². The van der Waals surface area contributed by atoms with Crippen molar-refractivity contribution in [1.29, 1.82) is 0 Å². The number of methoxy groups -OCH3 is 2. The third kappa shape index (κ3) is 5.48. The van der Waals surface area contributed by atoms with Gasteiger partial charge in [0, 0.05) is 11.6 Å². The molecular weight excluding hydrogens is 332 g/mol. The van der Waals surface area contributed by atoms with Crippen LogP contribution < -0.4 is 20.1 Å². The number of hydrogen-bond donors (Lipinski definition) is 2. The second-order valence-electron chi connectivity index (χ2n) is 5.14. The fraction of sp³-hybridized carbons (Fsp3) is 0.375. The summed E-state index contributed by atoms with van der Waals surface area (Å²) in [7, 11) is 2.67. The van der Waals surface area contributed by atoms with E-state index in [0.717, 1.165) is 0 Å². The lowest BCUT2D eigenvalue weighted by Gasteiger charge is -2.14. The van der Waals surface area contributed by atoms with E-state index >= 15 is 0 Å². The second kappa shape index (κ2) is 9.26. The van der Waals surface area contributed by atoms with E-state index in [1.807, 2.05) is 5.32 Å².